The van der Waals surface area contributed by atoms with Gasteiger partial charge < -0.3 is 0 Å². The van der Waals surface area contributed by atoms with Crippen LogP contribution in [0.15, 0.2) is 0 Å². The molecule has 0 saturated carbocycles. The van der Waals surface area contributed by atoms with Crippen LogP contribution in [0.5, 0.6) is 0 Å². The van der Waals surface area contributed by atoms with Crippen molar-refractivity contribution in [2.75, 3.05) is 5.75 Å². The maximum atomic E-state index is 13.2. The van der Waals surface area contributed by atoms with Crippen molar-refractivity contribution in [3.63, 3.8) is 0 Å². The Labute approximate surface area is 97.6 Å². The first-order valence-electron chi connectivity index (χ1n) is 4.99. The summed E-state index contributed by atoms with van der Waals surface area (Å²) in [5.74, 6) is 1.31. The number of aromatic nitrogens is 2. The van der Waals surface area contributed by atoms with Crippen LogP contribution in [0.3, 0.4) is 0 Å². The van der Waals surface area contributed by atoms with Crippen molar-refractivity contribution in [2.45, 2.75) is 31.4 Å². The molecule has 82 valence electrons. The van der Waals surface area contributed by atoms with Crippen molar-refractivity contribution in [3.8, 4) is 0 Å². The fraction of sp³-hybridized carbons (Fsp3) is 0.600. The van der Waals surface area contributed by atoms with E-state index in [0.717, 1.165) is 12.2 Å². The van der Waals surface area contributed by atoms with Gasteiger partial charge in [-0.25, -0.2) is 14.4 Å². The Bertz CT molecular complexity index is 343. The van der Waals surface area contributed by atoms with Crippen LogP contribution in [-0.4, -0.2) is 15.7 Å². The monoisotopic (exact) mass is 246 g/mol. The van der Waals surface area contributed by atoms with Crippen LogP contribution in [0, 0.1) is 12.7 Å². The summed E-state index contributed by atoms with van der Waals surface area (Å²) in [6.07, 6.45) is 3.50. The van der Waals surface area contributed by atoms with Crippen molar-refractivity contribution in [3.05, 3.63) is 22.5 Å². The molecule has 2 nitrogen and oxygen atoms in total. The van der Waals surface area contributed by atoms with Gasteiger partial charge in [-0.05, 0) is 25.5 Å². The summed E-state index contributed by atoms with van der Waals surface area (Å²) in [6, 6.07) is 0. The molecule has 1 atom stereocenters. The maximum Gasteiger partial charge on any atom is 0.181 e. The van der Waals surface area contributed by atoms with Gasteiger partial charge in [0.1, 0.15) is 5.82 Å². The highest BCUT2D eigenvalue weighted by Gasteiger charge is 2.21. The highest BCUT2D eigenvalue weighted by molar-refractivity contribution is 7.99. The number of hydrogen-bond acceptors (Lipinski definition) is 3. The Balaban J connectivity index is 2.27. The van der Waals surface area contributed by atoms with E-state index in [1.54, 1.807) is 6.92 Å². The second-order valence-electron chi connectivity index (χ2n) is 3.63. The number of hydrogen-bond donors (Lipinski definition) is 0. The van der Waals surface area contributed by atoms with Crippen molar-refractivity contribution in [2.24, 2.45) is 0 Å². The highest BCUT2D eigenvalue weighted by atomic mass is 35.5. The second-order valence-corrected chi connectivity index (χ2v) is 5.30. The average Bonchev–Trinajstić information content (AvgIpc) is 2.26. The SMILES string of the molecule is Cc1nc(C2CCCCS2)nc(Cl)c1F. The number of halogens is 2. The summed E-state index contributed by atoms with van der Waals surface area (Å²) in [7, 11) is 0. The molecule has 1 aromatic rings. The first-order valence-corrected chi connectivity index (χ1v) is 6.42. The van der Waals surface area contributed by atoms with Crippen molar-refractivity contribution >= 4 is 23.4 Å². The fourth-order valence-corrected chi connectivity index (χ4v) is 3.10. The first-order chi connectivity index (χ1) is 7.18. The van der Waals surface area contributed by atoms with Crippen LogP contribution in [0.2, 0.25) is 5.15 Å². The molecule has 15 heavy (non-hydrogen) atoms. The van der Waals surface area contributed by atoms with Crippen LogP contribution in [-0.2, 0) is 0 Å². The zero-order valence-electron chi connectivity index (χ0n) is 8.46. The van der Waals surface area contributed by atoms with Gasteiger partial charge in [0, 0.05) is 0 Å². The van der Waals surface area contributed by atoms with Crippen LogP contribution >= 0.6 is 23.4 Å². The molecule has 1 aromatic heterocycles. The van der Waals surface area contributed by atoms with Crippen molar-refractivity contribution < 1.29 is 4.39 Å². The molecule has 2 rings (SSSR count). The lowest BCUT2D eigenvalue weighted by atomic mass is 10.2. The third-order valence-corrected chi connectivity index (χ3v) is 4.09. The van der Waals surface area contributed by atoms with E-state index >= 15 is 0 Å². The van der Waals surface area contributed by atoms with Gasteiger partial charge in [-0.3, -0.25) is 0 Å². The van der Waals surface area contributed by atoms with Gasteiger partial charge in [-0.2, -0.15) is 11.8 Å². The molecule has 0 aromatic carbocycles. The van der Waals surface area contributed by atoms with Crippen LogP contribution in [0.1, 0.15) is 36.0 Å². The zero-order valence-corrected chi connectivity index (χ0v) is 10.0. The molecule has 1 unspecified atom stereocenters. The van der Waals surface area contributed by atoms with Gasteiger partial charge >= 0.3 is 0 Å². The molecular formula is C10H12ClFN2S. The molecule has 2 heterocycles. The van der Waals surface area contributed by atoms with Gasteiger partial charge in [0.2, 0.25) is 0 Å². The Hall–Kier alpha value is -0.350. The molecule has 0 amide bonds. The Morgan fingerprint density at radius 3 is 2.80 bits per heavy atom. The van der Waals surface area contributed by atoms with Crippen molar-refractivity contribution in [1.82, 2.24) is 9.97 Å². The normalized spacial score (nSPS) is 21.7. The van der Waals surface area contributed by atoms with E-state index in [4.69, 9.17) is 11.6 Å². The van der Waals surface area contributed by atoms with E-state index in [9.17, 15) is 4.39 Å². The van der Waals surface area contributed by atoms with Gasteiger partial charge in [0.15, 0.2) is 11.0 Å². The zero-order chi connectivity index (χ0) is 10.8. The molecule has 1 saturated heterocycles. The molecule has 5 heteroatoms. The first kappa shape index (κ1) is 11.1. The predicted molar refractivity (Wildman–Crippen MR) is 60.8 cm³/mol. The van der Waals surface area contributed by atoms with Gasteiger partial charge in [-0.15, -0.1) is 0 Å². The average molecular weight is 247 g/mol. The smallest absolute Gasteiger partial charge is 0.181 e. The highest BCUT2D eigenvalue weighted by Crippen LogP contribution is 2.37. The van der Waals surface area contributed by atoms with Gasteiger partial charge in [-0.1, -0.05) is 18.0 Å². The third-order valence-electron chi connectivity index (χ3n) is 2.46. The van der Waals surface area contributed by atoms with E-state index in [2.05, 4.69) is 9.97 Å². The summed E-state index contributed by atoms with van der Waals surface area (Å²) in [4.78, 5) is 8.18. The Kier molecular flexibility index (Phi) is 3.46. The van der Waals surface area contributed by atoms with E-state index in [1.165, 1.54) is 12.8 Å². The molecule has 0 radical (unpaired) electrons. The Morgan fingerprint density at radius 2 is 2.20 bits per heavy atom. The van der Waals surface area contributed by atoms with E-state index in [1.807, 2.05) is 11.8 Å². The largest absolute Gasteiger partial charge is 0.234 e. The van der Waals surface area contributed by atoms with Crippen LogP contribution in [0.4, 0.5) is 4.39 Å². The van der Waals surface area contributed by atoms with Crippen LogP contribution in [0.25, 0.3) is 0 Å². The molecule has 0 aliphatic carbocycles. The maximum absolute atomic E-state index is 13.2. The van der Waals surface area contributed by atoms with E-state index < -0.39 is 5.82 Å². The van der Waals surface area contributed by atoms with Crippen molar-refractivity contribution in [1.29, 1.82) is 0 Å². The number of thioether (sulfide) groups is 1. The summed E-state index contributed by atoms with van der Waals surface area (Å²) in [5.41, 5.74) is 0.344. The minimum Gasteiger partial charge on any atom is -0.234 e. The fourth-order valence-electron chi connectivity index (χ4n) is 1.63. The summed E-state index contributed by atoms with van der Waals surface area (Å²) >= 11 is 7.54. The topological polar surface area (TPSA) is 25.8 Å². The molecule has 0 bridgehead atoms. The van der Waals surface area contributed by atoms with Gasteiger partial charge in [0.25, 0.3) is 0 Å². The third kappa shape index (κ3) is 2.42. The second kappa shape index (κ2) is 4.66. The minimum absolute atomic E-state index is 0.0522. The van der Waals surface area contributed by atoms with E-state index in [-0.39, 0.29) is 10.4 Å². The molecule has 0 N–H and O–H groups in total. The lowest BCUT2D eigenvalue weighted by molar-refractivity contribution is 0.588. The standard InChI is InChI=1S/C10H12ClFN2S/c1-6-8(12)9(11)14-10(13-6)7-4-2-3-5-15-7/h7H,2-5H2,1H3. The summed E-state index contributed by atoms with van der Waals surface area (Å²) < 4.78 is 13.2. The minimum atomic E-state index is -0.499. The molecular weight excluding hydrogens is 235 g/mol. The molecule has 0 spiro atoms. The van der Waals surface area contributed by atoms with Crippen LogP contribution < -0.4 is 0 Å². The molecule has 1 aliphatic heterocycles. The van der Waals surface area contributed by atoms with E-state index in [0.29, 0.717) is 11.5 Å². The number of rotatable bonds is 1. The summed E-state index contributed by atoms with van der Waals surface area (Å²) in [5, 5.41) is 0.235. The molecule has 1 fully saturated rings. The number of aryl methyl sites for hydroxylation is 1. The van der Waals surface area contributed by atoms with Gasteiger partial charge in [0.05, 0.1) is 10.9 Å². The lowest BCUT2D eigenvalue weighted by Gasteiger charge is -2.20. The number of nitrogens with zero attached hydrogens (tertiary/aromatic N) is 2. The lowest BCUT2D eigenvalue weighted by Crippen LogP contribution is -2.09. The summed E-state index contributed by atoms with van der Waals surface area (Å²) in [6.45, 7) is 1.62. The quantitative estimate of drug-likeness (QED) is 0.709. The predicted octanol–water partition coefficient (Wildman–Crippen LogP) is 3.54. The Morgan fingerprint density at radius 1 is 1.40 bits per heavy atom. The molecule has 1 aliphatic rings.